The Bertz CT molecular complexity index is 379. The summed E-state index contributed by atoms with van der Waals surface area (Å²) in [6.45, 7) is 4.24. The van der Waals surface area contributed by atoms with E-state index in [9.17, 15) is 4.79 Å². The molecule has 4 heteroatoms. The zero-order chi connectivity index (χ0) is 13.2. The van der Waals surface area contributed by atoms with E-state index in [0.717, 1.165) is 37.9 Å². The Morgan fingerprint density at radius 3 is 2.63 bits per heavy atom. The summed E-state index contributed by atoms with van der Waals surface area (Å²) in [6.07, 6.45) is 7.27. The van der Waals surface area contributed by atoms with Crippen molar-refractivity contribution >= 4 is 5.97 Å². The van der Waals surface area contributed by atoms with Crippen molar-refractivity contribution in [3.8, 4) is 0 Å². The van der Waals surface area contributed by atoms with E-state index in [1.807, 2.05) is 6.92 Å². The maximum atomic E-state index is 12.1. The highest BCUT2D eigenvalue weighted by Gasteiger charge is 2.36. The molecule has 0 aromatic heterocycles. The lowest BCUT2D eigenvalue weighted by Crippen LogP contribution is -2.43. The Morgan fingerprint density at radius 1 is 1.26 bits per heavy atom. The van der Waals surface area contributed by atoms with Gasteiger partial charge in [0.25, 0.3) is 0 Å². The molecule has 0 aromatic rings. The second kappa shape index (κ2) is 5.53. The van der Waals surface area contributed by atoms with Crippen LogP contribution in [-0.2, 0) is 14.3 Å². The number of fused-ring (bicyclic) bond motifs is 2. The van der Waals surface area contributed by atoms with Crippen LogP contribution in [-0.4, -0.2) is 42.8 Å². The van der Waals surface area contributed by atoms with Crippen LogP contribution in [0.5, 0.6) is 0 Å². The van der Waals surface area contributed by atoms with Gasteiger partial charge >= 0.3 is 5.97 Å². The van der Waals surface area contributed by atoms with Crippen molar-refractivity contribution in [3.63, 3.8) is 0 Å². The lowest BCUT2D eigenvalue weighted by Gasteiger charge is -2.37. The van der Waals surface area contributed by atoms with Crippen LogP contribution in [0.15, 0.2) is 11.3 Å². The monoisotopic (exact) mass is 265 g/mol. The molecule has 19 heavy (non-hydrogen) atoms. The van der Waals surface area contributed by atoms with Crippen molar-refractivity contribution in [1.29, 1.82) is 0 Å². The minimum atomic E-state index is -0.101. The molecule has 0 spiro atoms. The molecule has 4 nitrogen and oxygen atoms in total. The summed E-state index contributed by atoms with van der Waals surface area (Å²) in [5.41, 5.74) is 2.17. The first kappa shape index (κ1) is 13.0. The van der Waals surface area contributed by atoms with E-state index in [0.29, 0.717) is 18.8 Å². The third-order valence-electron chi connectivity index (χ3n) is 4.39. The molecule has 2 heterocycles. The molecule has 2 saturated heterocycles. The Balaban J connectivity index is 1.80. The van der Waals surface area contributed by atoms with Crippen molar-refractivity contribution in [1.82, 2.24) is 4.90 Å². The van der Waals surface area contributed by atoms with E-state index in [-0.39, 0.29) is 5.97 Å². The van der Waals surface area contributed by atoms with E-state index < -0.39 is 0 Å². The van der Waals surface area contributed by atoms with Gasteiger partial charge in [-0.3, -0.25) is 0 Å². The van der Waals surface area contributed by atoms with Gasteiger partial charge < -0.3 is 14.4 Å². The summed E-state index contributed by atoms with van der Waals surface area (Å²) in [6, 6.07) is 0. The molecule has 2 atom stereocenters. The Labute approximate surface area is 114 Å². The molecule has 0 aromatic carbocycles. The Morgan fingerprint density at radius 2 is 1.95 bits per heavy atom. The number of rotatable bonds is 3. The fourth-order valence-electron chi connectivity index (χ4n) is 3.51. The van der Waals surface area contributed by atoms with Crippen molar-refractivity contribution in [2.24, 2.45) is 0 Å². The van der Waals surface area contributed by atoms with Crippen LogP contribution in [0.25, 0.3) is 0 Å². The molecule has 0 N–H and O–H groups in total. The van der Waals surface area contributed by atoms with Crippen molar-refractivity contribution < 1.29 is 14.3 Å². The van der Waals surface area contributed by atoms with Gasteiger partial charge in [-0.1, -0.05) is 0 Å². The van der Waals surface area contributed by atoms with Gasteiger partial charge in [0.2, 0.25) is 0 Å². The van der Waals surface area contributed by atoms with E-state index in [1.165, 1.54) is 25.0 Å². The molecule has 3 aliphatic rings. The lowest BCUT2D eigenvalue weighted by molar-refractivity contribution is -0.139. The molecular formula is C15H23NO3. The summed E-state index contributed by atoms with van der Waals surface area (Å²) in [5, 5.41) is 0. The smallest absolute Gasteiger partial charge is 0.335 e. The zero-order valence-electron chi connectivity index (χ0n) is 11.7. The largest absolute Gasteiger partial charge is 0.463 e. The minimum absolute atomic E-state index is 0.101. The van der Waals surface area contributed by atoms with E-state index >= 15 is 0 Å². The van der Waals surface area contributed by atoms with E-state index in [4.69, 9.17) is 9.47 Å². The molecule has 106 valence electrons. The number of allylic oxidation sites excluding steroid dienone is 1. The molecule has 3 rings (SSSR count). The van der Waals surface area contributed by atoms with E-state index in [1.54, 1.807) is 0 Å². The Hall–Kier alpha value is -1.03. The predicted molar refractivity (Wildman–Crippen MR) is 71.6 cm³/mol. The fraction of sp³-hybridized carbons (Fsp3) is 0.800. The number of carbonyl (C=O) groups excluding carboxylic acids is 1. The van der Waals surface area contributed by atoms with E-state index in [2.05, 4.69) is 4.90 Å². The molecule has 2 unspecified atom stereocenters. The summed E-state index contributed by atoms with van der Waals surface area (Å²) in [5.74, 6) is -0.101. The number of hydrogen-bond acceptors (Lipinski definition) is 4. The van der Waals surface area contributed by atoms with Gasteiger partial charge in [0.15, 0.2) is 0 Å². The molecule has 1 aliphatic carbocycles. The van der Waals surface area contributed by atoms with Gasteiger partial charge in [0.1, 0.15) is 0 Å². The normalized spacial score (nSPS) is 30.7. The van der Waals surface area contributed by atoms with Crippen molar-refractivity contribution in [3.05, 3.63) is 11.3 Å². The first-order valence-electron chi connectivity index (χ1n) is 7.57. The molecule has 0 saturated carbocycles. The van der Waals surface area contributed by atoms with Gasteiger partial charge in [-0.05, 0) is 45.4 Å². The molecule has 2 aliphatic heterocycles. The SMILES string of the molecule is CCOC(=O)C1=C(N2CC3CCC(C2)O3)CCCC1. The first-order chi connectivity index (χ1) is 9.28. The number of ether oxygens (including phenoxy) is 2. The van der Waals surface area contributed by atoms with Gasteiger partial charge in [0.05, 0.1) is 24.4 Å². The van der Waals surface area contributed by atoms with Crippen LogP contribution in [0.2, 0.25) is 0 Å². The number of likely N-dealkylation sites (tertiary alicyclic amines) is 1. The standard InChI is InChI=1S/C15H23NO3/c1-2-18-15(17)13-5-3-4-6-14(13)16-9-11-7-8-12(10-16)19-11/h11-12H,2-10H2,1H3. The zero-order valence-corrected chi connectivity index (χ0v) is 11.7. The quantitative estimate of drug-likeness (QED) is 0.734. The highest BCUT2D eigenvalue weighted by atomic mass is 16.5. The number of nitrogens with zero attached hydrogens (tertiary/aromatic N) is 1. The van der Waals surface area contributed by atoms with Crippen LogP contribution in [0, 0.1) is 0 Å². The summed E-state index contributed by atoms with van der Waals surface area (Å²) >= 11 is 0. The Kier molecular flexibility index (Phi) is 3.78. The van der Waals surface area contributed by atoms with Gasteiger partial charge in [-0.2, -0.15) is 0 Å². The average molecular weight is 265 g/mol. The number of esters is 1. The topological polar surface area (TPSA) is 38.8 Å². The number of carbonyl (C=O) groups is 1. The average Bonchev–Trinajstić information content (AvgIpc) is 2.78. The van der Waals surface area contributed by atoms with Gasteiger partial charge in [-0.25, -0.2) is 4.79 Å². The molecule has 2 fully saturated rings. The summed E-state index contributed by atoms with van der Waals surface area (Å²) in [4.78, 5) is 14.5. The van der Waals surface area contributed by atoms with Crippen LogP contribution in [0.1, 0.15) is 45.4 Å². The summed E-state index contributed by atoms with van der Waals surface area (Å²) in [7, 11) is 0. The fourth-order valence-corrected chi connectivity index (χ4v) is 3.51. The maximum absolute atomic E-state index is 12.1. The lowest BCUT2D eigenvalue weighted by atomic mass is 9.95. The summed E-state index contributed by atoms with van der Waals surface area (Å²) < 4.78 is 11.1. The first-order valence-corrected chi connectivity index (χ1v) is 7.57. The number of morpholine rings is 1. The third-order valence-corrected chi connectivity index (χ3v) is 4.39. The highest BCUT2D eigenvalue weighted by molar-refractivity contribution is 5.89. The molecule has 2 bridgehead atoms. The van der Waals surface area contributed by atoms with Crippen LogP contribution in [0.4, 0.5) is 0 Å². The number of hydrogen-bond donors (Lipinski definition) is 0. The van der Waals surface area contributed by atoms with Crippen molar-refractivity contribution in [2.75, 3.05) is 19.7 Å². The second-order valence-corrected chi connectivity index (χ2v) is 5.72. The molecule has 0 radical (unpaired) electrons. The van der Waals surface area contributed by atoms with Gasteiger partial charge in [0, 0.05) is 18.8 Å². The molecular weight excluding hydrogens is 242 g/mol. The highest BCUT2D eigenvalue weighted by Crippen LogP contribution is 2.34. The molecule has 0 amide bonds. The predicted octanol–water partition coefficient (Wildman–Crippen LogP) is 2.24. The van der Waals surface area contributed by atoms with Crippen LogP contribution in [0.3, 0.4) is 0 Å². The van der Waals surface area contributed by atoms with Gasteiger partial charge in [-0.15, -0.1) is 0 Å². The maximum Gasteiger partial charge on any atom is 0.335 e. The van der Waals surface area contributed by atoms with Crippen molar-refractivity contribution in [2.45, 2.75) is 57.7 Å². The third kappa shape index (κ3) is 2.64. The second-order valence-electron chi connectivity index (χ2n) is 5.72. The minimum Gasteiger partial charge on any atom is -0.463 e. The van der Waals surface area contributed by atoms with Crippen LogP contribution < -0.4 is 0 Å². The van der Waals surface area contributed by atoms with Crippen LogP contribution >= 0.6 is 0 Å².